The molecule has 0 spiro atoms. The van der Waals surface area contributed by atoms with E-state index in [-0.39, 0.29) is 10.9 Å². The Morgan fingerprint density at radius 1 is 0.971 bits per heavy atom. The van der Waals surface area contributed by atoms with Crippen LogP contribution in [0, 0.1) is 0 Å². The number of nitrogens with zero attached hydrogens (tertiary/aromatic N) is 4. The number of rotatable bonds is 5. The highest BCUT2D eigenvalue weighted by molar-refractivity contribution is 8.00. The summed E-state index contributed by atoms with van der Waals surface area (Å²) in [5.41, 5.74) is 4.49. The number of nitrogens with one attached hydrogen (secondary N) is 2. The first-order valence-electron chi connectivity index (χ1n) is 10.5. The molecule has 0 saturated carbocycles. The van der Waals surface area contributed by atoms with Crippen LogP contribution >= 0.6 is 23.5 Å². The molecule has 10 heteroatoms. The van der Waals surface area contributed by atoms with Crippen molar-refractivity contribution in [3.8, 4) is 22.5 Å². The van der Waals surface area contributed by atoms with Crippen molar-refractivity contribution in [2.45, 2.75) is 4.90 Å². The number of benzene rings is 2. The van der Waals surface area contributed by atoms with Gasteiger partial charge in [0.1, 0.15) is 12.0 Å². The van der Waals surface area contributed by atoms with Crippen molar-refractivity contribution < 1.29 is 4.52 Å². The van der Waals surface area contributed by atoms with Gasteiger partial charge in [-0.3, -0.25) is 9.78 Å². The van der Waals surface area contributed by atoms with E-state index < -0.39 is 0 Å². The van der Waals surface area contributed by atoms with Gasteiger partial charge in [0.2, 0.25) is 5.43 Å². The number of fused-ring (bicyclic) bond motifs is 2. The molecular formula is C25H15ClN6O2S. The van der Waals surface area contributed by atoms with Crippen molar-refractivity contribution in [1.82, 2.24) is 25.1 Å². The molecule has 0 fully saturated rings. The van der Waals surface area contributed by atoms with Crippen LogP contribution < -0.4 is 10.2 Å². The summed E-state index contributed by atoms with van der Waals surface area (Å²) in [5, 5.41) is 5.01. The standard InChI is InChI=1S/C25H15ClN6O2S/c26-18-10-16(9-15-7-4-8-27-20(15)18)22-21(14-5-2-1-3-6-14)31-25-23(30-22)24(33)19(12-28-25)35-32-17-11-29-34-13-17/h1-13,32H,(H,28,31,33). The number of aromatic amines is 1. The fourth-order valence-electron chi connectivity index (χ4n) is 3.74. The van der Waals surface area contributed by atoms with Crippen LogP contribution in [-0.2, 0) is 0 Å². The second-order valence-corrected chi connectivity index (χ2v) is 8.87. The molecule has 0 aliphatic carbocycles. The van der Waals surface area contributed by atoms with Gasteiger partial charge in [-0.15, -0.1) is 0 Å². The van der Waals surface area contributed by atoms with E-state index in [1.54, 1.807) is 18.5 Å². The highest BCUT2D eigenvalue weighted by atomic mass is 35.5. The number of H-pyrrole nitrogens is 1. The van der Waals surface area contributed by atoms with Gasteiger partial charge in [-0.05, 0) is 30.1 Å². The Bertz CT molecular complexity index is 1740. The molecule has 170 valence electrons. The number of pyridine rings is 2. The third-order valence-electron chi connectivity index (χ3n) is 5.36. The first kappa shape index (κ1) is 21.3. The molecule has 2 N–H and O–H groups in total. The highest BCUT2D eigenvalue weighted by Gasteiger charge is 2.18. The maximum Gasteiger partial charge on any atom is 0.224 e. The lowest BCUT2D eigenvalue weighted by molar-refractivity contribution is 0.420. The Morgan fingerprint density at radius 3 is 2.66 bits per heavy atom. The van der Waals surface area contributed by atoms with Crippen molar-refractivity contribution in [2.24, 2.45) is 0 Å². The molecule has 0 radical (unpaired) electrons. The minimum atomic E-state index is -0.255. The molecular weight excluding hydrogens is 484 g/mol. The molecule has 8 nitrogen and oxygen atoms in total. The van der Waals surface area contributed by atoms with E-state index in [9.17, 15) is 4.79 Å². The van der Waals surface area contributed by atoms with Crippen LogP contribution in [0.4, 0.5) is 5.69 Å². The lowest BCUT2D eigenvalue weighted by Gasteiger charge is -2.12. The monoisotopic (exact) mass is 498 g/mol. The van der Waals surface area contributed by atoms with Gasteiger partial charge in [-0.2, -0.15) is 0 Å². The summed E-state index contributed by atoms with van der Waals surface area (Å²) in [7, 11) is 0. The summed E-state index contributed by atoms with van der Waals surface area (Å²) < 4.78 is 7.84. The van der Waals surface area contributed by atoms with Crippen LogP contribution in [0.25, 0.3) is 44.6 Å². The Hall–Kier alpha value is -4.21. The van der Waals surface area contributed by atoms with Crippen LogP contribution in [0.2, 0.25) is 5.02 Å². The molecule has 0 unspecified atom stereocenters. The molecule has 2 aromatic carbocycles. The molecule has 0 atom stereocenters. The fraction of sp³-hybridized carbons (Fsp3) is 0. The largest absolute Gasteiger partial charge is 0.362 e. The van der Waals surface area contributed by atoms with Crippen LogP contribution in [0.15, 0.2) is 93.7 Å². The molecule has 0 aliphatic rings. The molecule has 0 amide bonds. The van der Waals surface area contributed by atoms with E-state index in [4.69, 9.17) is 26.1 Å². The summed E-state index contributed by atoms with van der Waals surface area (Å²) in [5.74, 6) is 0. The molecule has 0 aliphatic heterocycles. The summed E-state index contributed by atoms with van der Waals surface area (Å²) >= 11 is 7.71. The average molecular weight is 499 g/mol. The SMILES string of the molecule is O=c1c(SNc2cnoc2)c[nH]c2nc(-c3ccccc3)c(-c3cc(Cl)c4ncccc4c3)nc12. The smallest absolute Gasteiger partial charge is 0.224 e. The van der Waals surface area contributed by atoms with E-state index >= 15 is 0 Å². The first-order valence-corrected chi connectivity index (χ1v) is 11.7. The Balaban J connectivity index is 1.55. The number of halogens is 1. The van der Waals surface area contributed by atoms with E-state index in [1.165, 1.54) is 12.5 Å². The molecule has 0 bridgehead atoms. The molecule has 4 heterocycles. The molecule has 0 saturated heterocycles. The van der Waals surface area contributed by atoms with Crippen LogP contribution in [0.3, 0.4) is 0 Å². The van der Waals surface area contributed by atoms with Gasteiger partial charge in [-0.25, -0.2) is 9.97 Å². The summed E-state index contributed by atoms with van der Waals surface area (Å²) in [6.07, 6.45) is 6.28. The number of hydrogen-bond acceptors (Lipinski definition) is 8. The zero-order valence-corrected chi connectivity index (χ0v) is 19.5. The summed E-state index contributed by atoms with van der Waals surface area (Å²) in [4.78, 5) is 30.9. The van der Waals surface area contributed by atoms with Crippen molar-refractivity contribution in [3.05, 3.63) is 94.7 Å². The number of anilines is 1. The lowest BCUT2D eigenvalue weighted by Crippen LogP contribution is -2.11. The van der Waals surface area contributed by atoms with Crippen molar-refractivity contribution in [3.63, 3.8) is 0 Å². The zero-order valence-electron chi connectivity index (χ0n) is 17.9. The topological polar surface area (TPSA) is 110 Å². The van der Waals surface area contributed by atoms with Gasteiger partial charge < -0.3 is 14.2 Å². The molecule has 35 heavy (non-hydrogen) atoms. The van der Waals surface area contributed by atoms with Crippen molar-refractivity contribution in [2.75, 3.05) is 4.72 Å². The van der Waals surface area contributed by atoms with Crippen molar-refractivity contribution in [1.29, 1.82) is 0 Å². The number of aromatic nitrogens is 5. The fourth-order valence-corrected chi connectivity index (χ4v) is 4.65. The van der Waals surface area contributed by atoms with E-state index in [0.717, 1.165) is 28.5 Å². The lowest BCUT2D eigenvalue weighted by atomic mass is 10.0. The van der Waals surface area contributed by atoms with Crippen LogP contribution in [0.1, 0.15) is 0 Å². The van der Waals surface area contributed by atoms with Crippen molar-refractivity contribution >= 4 is 51.3 Å². The molecule has 6 rings (SSSR count). The second-order valence-electron chi connectivity index (χ2n) is 7.62. The second kappa shape index (κ2) is 8.86. The average Bonchev–Trinajstić information content (AvgIpc) is 3.42. The summed E-state index contributed by atoms with van der Waals surface area (Å²) in [6.45, 7) is 0. The Kier molecular flexibility index (Phi) is 5.40. The van der Waals surface area contributed by atoms with Gasteiger partial charge in [-0.1, -0.05) is 53.2 Å². The maximum absolute atomic E-state index is 13.3. The quantitative estimate of drug-likeness (QED) is 0.280. The van der Waals surface area contributed by atoms with Crippen LogP contribution in [0.5, 0.6) is 0 Å². The van der Waals surface area contributed by atoms with Gasteiger partial charge >= 0.3 is 0 Å². The Labute approximate surface area is 207 Å². The highest BCUT2D eigenvalue weighted by Crippen LogP contribution is 2.34. The van der Waals surface area contributed by atoms with Gasteiger partial charge in [0.15, 0.2) is 11.2 Å². The predicted molar refractivity (Wildman–Crippen MR) is 137 cm³/mol. The Morgan fingerprint density at radius 2 is 1.83 bits per heavy atom. The normalized spacial score (nSPS) is 11.2. The van der Waals surface area contributed by atoms with E-state index in [1.807, 2.05) is 48.5 Å². The van der Waals surface area contributed by atoms with Gasteiger partial charge in [0, 0.05) is 28.9 Å². The minimum absolute atomic E-state index is 0.221. The maximum atomic E-state index is 13.3. The minimum Gasteiger partial charge on any atom is -0.362 e. The van der Waals surface area contributed by atoms with Gasteiger partial charge in [0.05, 0.1) is 33.0 Å². The van der Waals surface area contributed by atoms with E-state index in [0.29, 0.717) is 38.2 Å². The first-order chi connectivity index (χ1) is 17.2. The zero-order chi connectivity index (χ0) is 23.8. The molecule has 4 aromatic heterocycles. The number of hydrogen-bond donors (Lipinski definition) is 2. The summed E-state index contributed by atoms with van der Waals surface area (Å²) in [6, 6.07) is 17.3. The van der Waals surface area contributed by atoms with E-state index in [2.05, 4.69) is 19.8 Å². The van der Waals surface area contributed by atoms with Crippen LogP contribution in [-0.4, -0.2) is 25.1 Å². The third-order valence-corrected chi connectivity index (χ3v) is 6.51. The predicted octanol–water partition coefficient (Wildman–Crippen LogP) is 5.96. The van der Waals surface area contributed by atoms with Gasteiger partial charge in [0.25, 0.3) is 0 Å². The third kappa shape index (κ3) is 4.01. The molecule has 6 aromatic rings.